The molecule has 1 aliphatic heterocycles. The minimum Gasteiger partial charge on any atom is -0.406 e. The average Bonchev–Trinajstić information content (AvgIpc) is 2.37. The molecule has 0 unspecified atom stereocenters. The Kier molecular flexibility index (Phi) is 4.45. The fourth-order valence-corrected chi connectivity index (χ4v) is 3.57. The van der Waals surface area contributed by atoms with Crippen molar-refractivity contribution in [3.63, 3.8) is 0 Å². The number of aliphatic hydroxyl groups is 1. The highest BCUT2D eigenvalue weighted by Crippen LogP contribution is 2.27. The summed E-state index contributed by atoms with van der Waals surface area (Å²) in [6.07, 6.45) is -4.82. The van der Waals surface area contributed by atoms with Crippen molar-refractivity contribution in [3.8, 4) is 5.75 Å². The Morgan fingerprint density at radius 1 is 1.24 bits per heavy atom. The van der Waals surface area contributed by atoms with Gasteiger partial charge in [-0.05, 0) is 25.0 Å². The molecule has 1 saturated heterocycles. The molecule has 1 heterocycles. The van der Waals surface area contributed by atoms with Gasteiger partial charge < -0.3 is 9.84 Å². The van der Waals surface area contributed by atoms with Crippen LogP contribution in [0.15, 0.2) is 29.2 Å². The lowest BCUT2D eigenvalue weighted by molar-refractivity contribution is -0.274. The molecular formula is C12H14F3NO4S. The Labute approximate surface area is 120 Å². The Balaban J connectivity index is 2.22. The van der Waals surface area contributed by atoms with Gasteiger partial charge in [-0.2, -0.15) is 4.31 Å². The van der Waals surface area contributed by atoms with Crippen LogP contribution in [0.5, 0.6) is 5.75 Å². The number of halogens is 3. The van der Waals surface area contributed by atoms with Crippen LogP contribution in [0, 0.1) is 0 Å². The van der Waals surface area contributed by atoms with Crippen molar-refractivity contribution >= 4 is 10.0 Å². The van der Waals surface area contributed by atoms with Crippen LogP contribution < -0.4 is 4.74 Å². The summed E-state index contributed by atoms with van der Waals surface area (Å²) in [4.78, 5) is -0.263. The predicted molar refractivity (Wildman–Crippen MR) is 67.1 cm³/mol. The highest BCUT2D eigenvalue weighted by Gasteiger charge is 2.33. The fourth-order valence-electron chi connectivity index (χ4n) is 2.06. The van der Waals surface area contributed by atoms with E-state index in [2.05, 4.69) is 4.74 Å². The second kappa shape index (κ2) is 5.82. The summed E-state index contributed by atoms with van der Waals surface area (Å²) in [5, 5.41) is 9.37. The summed E-state index contributed by atoms with van der Waals surface area (Å²) in [7, 11) is -3.89. The molecule has 1 fully saturated rings. The number of ether oxygens (including phenoxy) is 1. The van der Waals surface area contributed by atoms with Crippen LogP contribution in [0.1, 0.15) is 12.8 Å². The summed E-state index contributed by atoms with van der Waals surface area (Å²) in [6.45, 7) is 0.266. The number of aliphatic hydroxyl groups excluding tert-OH is 1. The van der Waals surface area contributed by atoms with Crippen LogP contribution in [-0.2, 0) is 10.0 Å². The van der Waals surface area contributed by atoms with E-state index in [0.29, 0.717) is 12.8 Å². The quantitative estimate of drug-likeness (QED) is 0.919. The number of benzene rings is 1. The number of hydrogen-bond donors (Lipinski definition) is 1. The largest absolute Gasteiger partial charge is 0.573 e. The molecule has 9 heteroatoms. The molecule has 21 heavy (non-hydrogen) atoms. The molecule has 118 valence electrons. The van der Waals surface area contributed by atoms with E-state index in [4.69, 9.17) is 0 Å². The third-order valence-corrected chi connectivity index (χ3v) is 4.99. The number of alkyl halides is 3. The van der Waals surface area contributed by atoms with Gasteiger partial charge in [0.15, 0.2) is 0 Å². The smallest absolute Gasteiger partial charge is 0.406 e. The molecule has 1 aliphatic rings. The first-order valence-electron chi connectivity index (χ1n) is 6.22. The first-order valence-corrected chi connectivity index (χ1v) is 7.66. The lowest BCUT2D eigenvalue weighted by atomic mass is 10.1. The van der Waals surface area contributed by atoms with E-state index >= 15 is 0 Å². The van der Waals surface area contributed by atoms with E-state index in [1.54, 1.807) is 0 Å². The highest BCUT2D eigenvalue weighted by molar-refractivity contribution is 7.89. The highest BCUT2D eigenvalue weighted by atomic mass is 32.2. The lowest BCUT2D eigenvalue weighted by Crippen LogP contribution is -2.40. The molecule has 0 aromatic heterocycles. The predicted octanol–water partition coefficient (Wildman–Crippen LogP) is 1.73. The van der Waals surface area contributed by atoms with E-state index in [9.17, 15) is 26.7 Å². The van der Waals surface area contributed by atoms with Crippen LogP contribution in [0.3, 0.4) is 0 Å². The molecular weight excluding hydrogens is 311 g/mol. The van der Waals surface area contributed by atoms with Crippen LogP contribution in [0.25, 0.3) is 0 Å². The number of hydrogen-bond acceptors (Lipinski definition) is 4. The van der Waals surface area contributed by atoms with E-state index in [1.807, 2.05) is 0 Å². The number of piperidine rings is 1. The molecule has 1 aromatic rings. The van der Waals surface area contributed by atoms with Gasteiger partial charge in [0.2, 0.25) is 10.0 Å². The standard InChI is InChI=1S/C12H14F3NO4S/c13-12(14,15)20-10-2-1-3-11(8-10)21(18,19)16-6-4-9(17)5-7-16/h1-3,8-9,17H,4-7H2. The number of rotatable bonds is 3. The minimum atomic E-state index is -4.88. The van der Waals surface area contributed by atoms with Crippen molar-refractivity contribution < 1.29 is 31.4 Å². The van der Waals surface area contributed by atoms with Crippen LogP contribution in [0.4, 0.5) is 13.2 Å². The lowest BCUT2D eigenvalue weighted by Gasteiger charge is -2.28. The van der Waals surface area contributed by atoms with Gasteiger partial charge in [0.1, 0.15) is 5.75 Å². The summed E-state index contributed by atoms with van der Waals surface area (Å²) >= 11 is 0. The normalized spacial score (nSPS) is 18.7. The summed E-state index contributed by atoms with van der Waals surface area (Å²) in [5.74, 6) is -0.583. The zero-order valence-electron chi connectivity index (χ0n) is 10.9. The second-order valence-corrected chi connectivity index (χ2v) is 6.60. The van der Waals surface area contributed by atoms with Gasteiger partial charge >= 0.3 is 6.36 Å². The minimum absolute atomic E-state index is 0.133. The van der Waals surface area contributed by atoms with Crippen molar-refractivity contribution in [2.24, 2.45) is 0 Å². The zero-order valence-corrected chi connectivity index (χ0v) is 11.7. The van der Waals surface area contributed by atoms with Crippen LogP contribution in [-0.4, -0.2) is 43.4 Å². The summed E-state index contributed by atoms with van der Waals surface area (Å²) < 4.78 is 66.0. The van der Waals surface area contributed by atoms with Crippen molar-refractivity contribution in [2.75, 3.05) is 13.1 Å². The molecule has 1 N–H and O–H groups in total. The van der Waals surface area contributed by atoms with Crippen LogP contribution >= 0.6 is 0 Å². The maximum atomic E-state index is 12.3. The topological polar surface area (TPSA) is 66.8 Å². The Morgan fingerprint density at radius 2 is 1.86 bits per heavy atom. The number of nitrogens with zero attached hydrogens (tertiary/aromatic N) is 1. The van der Waals surface area contributed by atoms with E-state index in [1.165, 1.54) is 12.1 Å². The van der Waals surface area contributed by atoms with Crippen molar-refractivity contribution in [3.05, 3.63) is 24.3 Å². The molecule has 0 spiro atoms. The first kappa shape index (κ1) is 16.1. The van der Waals surface area contributed by atoms with Gasteiger partial charge in [0.25, 0.3) is 0 Å². The Morgan fingerprint density at radius 3 is 2.43 bits per heavy atom. The van der Waals surface area contributed by atoms with Gasteiger partial charge in [0, 0.05) is 19.2 Å². The molecule has 5 nitrogen and oxygen atoms in total. The molecule has 0 saturated carbocycles. The SMILES string of the molecule is O=S(=O)(c1cccc(OC(F)(F)F)c1)N1CCC(O)CC1. The fraction of sp³-hybridized carbons (Fsp3) is 0.500. The maximum absolute atomic E-state index is 12.3. The second-order valence-electron chi connectivity index (χ2n) is 4.66. The monoisotopic (exact) mass is 325 g/mol. The molecule has 0 radical (unpaired) electrons. The number of sulfonamides is 1. The maximum Gasteiger partial charge on any atom is 0.573 e. The molecule has 0 aliphatic carbocycles. The molecule has 0 bridgehead atoms. The first-order chi connectivity index (χ1) is 9.68. The van der Waals surface area contributed by atoms with Gasteiger partial charge in [-0.3, -0.25) is 0 Å². The van der Waals surface area contributed by atoms with E-state index in [-0.39, 0.29) is 18.0 Å². The third-order valence-electron chi connectivity index (χ3n) is 3.10. The van der Waals surface area contributed by atoms with E-state index in [0.717, 1.165) is 16.4 Å². The molecule has 0 atom stereocenters. The van der Waals surface area contributed by atoms with Crippen molar-refractivity contribution in [1.82, 2.24) is 4.31 Å². The van der Waals surface area contributed by atoms with Crippen molar-refractivity contribution in [1.29, 1.82) is 0 Å². The Hall–Kier alpha value is -1.32. The van der Waals surface area contributed by atoms with Crippen molar-refractivity contribution in [2.45, 2.75) is 30.2 Å². The molecule has 0 amide bonds. The molecule has 1 aromatic carbocycles. The van der Waals surface area contributed by atoms with Gasteiger partial charge in [0.05, 0.1) is 11.0 Å². The summed E-state index contributed by atoms with van der Waals surface area (Å²) in [5.41, 5.74) is 0. The Bertz CT molecular complexity index is 595. The van der Waals surface area contributed by atoms with Gasteiger partial charge in [-0.1, -0.05) is 6.07 Å². The average molecular weight is 325 g/mol. The van der Waals surface area contributed by atoms with Crippen LogP contribution in [0.2, 0.25) is 0 Å². The third kappa shape index (κ3) is 4.08. The van der Waals surface area contributed by atoms with Gasteiger partial charge in [-0.15, -0.1) is 13.2 Å². The van der Waals surface area contributed by atoms with E-state index < -0.39 is 28.2 Å². The van der Waals surface area contributed by atoms with Gasteiger partial charge in [-0.25, -0.2) is 8.42 Å². The zero-order chi connectivity index (χ0) is 15.7. The molecule has 2 rings (SSSR count). The summed E-state index contributed by atoms with van der Waals surface area (Å²) in [6, 6.07) is 4.27.